The summed E-state index contributed by atoms with van der Waals surface area (Å²) in [6, 6.07) is 14.9. The molecule has 2 aromatic carbocycles. The average Bonchev–Trinajstić information content (AvgIpc) is 2.69. The molecule has 0 aliphatic heterocycles. The van der Waals surface area contributed by atoms with Crippen molar-refractivity contribution >= 4 is 11.6 Å². The number of ether oxygens (including phenoxy) is 2. The van der Waals surface area contributed by atoms with Crippen molar-refractivity contribution in [1.82, 2.24) is 9.55 Å². The maximum atomic E-state index is 12.7. The fourth-order valence-corrected chi connectivity index (χ4v) is 2.74. The standard InChI is InChI=1S/C23H25ClN2O3/c1-23(2,3)16-29-20-10-8-19(9-11-20)26-14-13-25-21(22(26)27)28-15-12-17-4-6-18(24)7-5-17/h4-11,13-14H,12,15-16H2,1-3H3. The molecule has 0 saturated heterocycles. The first-order valence-corrected chi connectivity index (χ1v) is 9.88. The van der Waals surface area contributed by atoms with Crippen molar-refractivity contribution in [1.29, 1.82) is 0 Å². The lowest BCUT2D eigenvalue weighted by Crippen LogP contribution is -2.22. The van der Waals surface area contributed by atoms with Gasteiger partial charge in [0.25, 0.3) is 5.88 Å². The van der Waals surface area contributed by atoms with E-state index in [0.717, 1.165) is 17.0 Å². The summed E-state index contributed by atoms with van der Waals surface area (Å²) in [5, 5.41) is 0.692. The molecule has 0 fully saturated rings. The molecule has 0 N–H and O–H groups in total. The van der Waals surface area contributed by atoms with Gasteiger partial charge in [-0.25, -0.2) is 4.98 Å². The van der Waals surface area contributed by atoms with Gasteiger partial charge in [-0.05, 0) is 47.4 Å². The van der Waals surface area contributed by atoms with Crippen molar-refractivity contribution in [3.8, 4) is 17.3 Å². The van der Waals surface area contributed by atoms with Crippen LogP contribution in [0.5, 0.6) is 11.6 Å². The van der Waals surface area contributed by atoms with Gasteiger partial charge in [0.05, 0.1) is 13.2 Å². The number of benzene rings is 2. The second-order valence-corrected chi connectivity index (χ2v) is 8.41. The summed E-state index contributed by atoms with van der Waals surface area (Å²) >= 11 is 5.89. The summed E-state index contributed by atoms with van der Waals surface area (Å²) in [5.74, 6) is 0.847. The molecular formula is C23H25ClN2O3. The lowest BCUT2D eigenvalue weighted by molar-refractivity contribution is 0.198. The summed E-state index contributed by atoms with van der Waals surface area (Å²) in [4.78, 5) is 16.8. The highest BCUT2D eigenvalue weighted by Gasteiger charge is 2.12. The number of nitrogens with zero attached hydrogens (tertiary/aromatic N) is 2. The minimum atomic E-state index is -0.299. The van der Waals surface area contributed by atoms with Crippen LogP contribution in [-0.2, 0) is 6.42 Å². The highest BCUT2D eigenvalue weighted by Crippen LogP contribution is 2.19. The van der Waals surface area contributed by atoms with Gasteiger partial charge in [0, 0.05) is 29.5 Å². The normalized spacial score (nSPS) is 11.3. The molecule has 5 nitrogen and oxygen atoms in total. The minimum absolute atomic E-state index is 0.0783. The minimum Gasteiger partial charge on any atom is -0.493 e. The van der Waals surface area contributed by atoms with Gasteiger partial charge < -0.3 is 9.47 Å². The van der Waals surface area contributed by atoms with Crippen LogP contribution in [0.25, 0.3) is 5.69 Å². The number of hydrogen-bond acceptors (Lipinski definition) is 4. The van der Waals surface area contributed by atoms with Crippen molar-refractivity contribution in [2.45, 2.75) is 27.2 Å². The quantitative estimate of drug-likeness (QED) is 0.552. The second kappa shape index (κ2) is 9.14. The monoisotopic (exact) mass is 412 g/mol. The summed E-state index contributed by atoms with van der Waals surface area (Å²) in [7, 11) is 0. The SMILES string of the molecule is CC(C)(C)COc1ccc(-n2ccnc(OCCc3ccc(Cl)cc3)c2=O)cc1. The smallest absolute Gasteiger partial charge is 0.317 e. The van der Waals surface area contributed by atoms with E-state index < -0.39 is 0 Å². The van der Waals surface area contributed by atoms with Gasteiger partial charge in [0.15, 0.2) is 0 Å². The van der Waals surface area contributed by atoms with Crippen molar-refractivity contribution < 1.29 is 9.47 Å². The molecule has 1 heterocycles. The van der Waals surface area contributed by atoms with E-state index in [4.69, 9.17) is 21.1 Å². The Bertz CT molecular complexity index is 990. The predicted molar refractivity (Wildman–Crippen MR) is 115 cm³/mol. The maximum Gasteiger partial charge on any atom is 0.317 e. The topological polar surface area (TPSA) is 53.4 Å². The van der Waals surface area contributed by atoms with Crippen LogP contribution in [0.15, 0.2) is 65.7 Å². The lowest BCUT2D eigenvalue weighted by atomic mass is 9.99. The van der Waals surface area contributed by atoms with E-state index in [-0.39, 0.29) is 16.9 Å². The van der Waals surface area contributed by atoms with Crippen LogP contribution in [0.4, 0.5) is 0 Å². The van der Waals surface area contributed by atoms with E-state index in [0.29, 0.717) is 24.7 Å². The second-order valence-electron chi connectivity index (χ2n) is 7.98. The summed E-state index contributed by atoms with van der Waals surface area (Å²) in [5.41, 5.74) is 1.59. The zero-order valence-corrected chi connectivity index (χ0v) is 17.6. The first-order valence-electron chi connectivity index (χ1n) is 9.50. The third-order valence-electron chi connectivity index (χ3n) is 4.14. The summed E-state index contributed by atoms with van der Waals surface area (Å²) in [6.07, 6.45) is 3.84. The van der Waals surface area contributed by atoms with Crippen LogP contribution in [0.2, 0.25) is 5.02 Å². The fraction of sp³-hybridized carbons (Fsp3) is 0.304. The number of rotatable bonds is 7. The molecule has 0 radical (unpaired) electrons. The molecule has 0 aliphatic rings. The van der Waals surface area contributed by atoms with E-state index >= 15 is 0 Å². The highest BCUT2D eigenvalue weighted by atomic mass is 35.5. The fourth-order valence-electron chi connectivity index (χ4n) is 2.62. The maximum absolute atomic E-state index is 12.7. The van der Waals surface area contributed by atoms with Gasteiger partial charge in [0.2, 0.25) is 0 Å². The summed E-state index contributed by atoms with van der Waals surface area (Å²) in [6.45, 7) is 7.33. The molecule has 0 amide bonds. The van der Waals surface area contributed by atoms with Gasteiger partial charge in [-0.1, -0.05) is 44.5 Å². The van der Waals surface area contributed by atoms with E-state index in [9.17, 15) is 4.79 Å². The third-order valence-corrected chi connectivity index (χ3v) is 4.39. The Hall–Kier alpha value is -2.79. The van der Waals surface area contributed by atoms with Crippen molar-refractivity contribution in [2.24, 2.45) is 5.41 Å². The summed E-state index contributed by atoms with van der Waals surface area (Å²) < 4.78 is 12.9. The van der Waals surface area contributed by atoms with Crippen LogP contribution in [0, 0.1) is 5.41 Å². The molecule has 0 spiro atoms. The van der Waals surface area contributed by atoms with Gasteiger partial charge in [-0.3, -0.25) is 9.36 Å². The Morgan fingerprint density at radius 1 is 1.00 bits per heavy atom. The molecular weight excluding hydrogens is 388 g/mol. The number of hydrogen-bond donors (Lipinski definition) is 0. The van der Waals surface area contributed by atoms with E-state index in [1.54, 1.807) is 12.4 Å². The molecule has 0 unspecified atom stereocenters. The first-order chi connectivity index (χ1) is 13.8. The third kappa shape index (κ3) is 6.09. The van der Waals surface area contributed by atoms with Crippen molar-refractivity contribution in [3.05, 3.63) is 81.9 Å². The molecule has 1 aromatic heterocycles. The predicted octanol–water partition coefficient (Wildman–Crippen LogP) is 4.93. The van der Waals surface area contributed by atoms with Gasteiger partial charge in [0.1, 0.15) is 5.75 Å². The zero-order chi connectivity index (χ0) is 20.9. The Morgan fingerprint density at radius 2 is 1.69 bits per heavy atom. The molecule has 0 atom stereocenters. The van der Waals surface area contributed by atoms with E-state index in [1.165, 1.54) is 4.57 Å². The molecule has 0 saturated carbocycles. The Kier molecular flexibility index (Phi) is 6.60. The molecule has 29 heavy (non-hydrogen) atoms. The van der Waals surface area contributed by atoms with Crippen LogP contribution in [-0.4, -0.2) is 22.8 Å². The van der Waals surface area contributed by atoms with Gasteiger partial charge >= 0.3 is 5.56 Å². The molecule has 0 bridgehead atoms. The molecule has 3 rings (SSSR count). The average molecular weight is 413 g/mol. The highest BCUT2D eigenvalue weighted by molar-refractivity contribution is 6.30. The van der Waals surface area contributed by atoms with Crippen LogP contribution < -0.4 is 15.0 Å². The van der Waals surface area contributed by atoms with E-state index in [2.05, 4.69) is 25.8 Å². The van der Waals surface area contributed by atoms with Crippen LogP contribution >= 0.6 is 11.6 Å². The van der Waals surface area contributed by atoms with Crippen LogP contribution in [0.1, 0.15) is 26.3 Å². The lowest BCUT2D eigenvalue weighted by Gasteiger charge is -2.19. The largest absolute Gasteiger partial charge is 0.493 e. The van der Waals surface area contributed by atoms with Crippen molar-refractivity contribution in [3.63, 3.8) is 0 Å². The van der Waals surface area contributed by atoms with Crippen molar-refractivity contribution in [2.75, 3.05) is 13.2 Å². The molecule has 3 aromatic rings. The van der Waals surface area contributed by atoms with Crippen LogP contribution in [0.3, 0.4) is 0 Å². The van der Waals surface area contributed by atoms with Gasteiger partial charge in [-0.15, -0.1) is 0 Å². The number of halogens is 1. The zero-order valence-electron chi connectivity index (χ0n) is 16.9. The number of aromatic nitrogens is 2. The Labute approximate surface area is 175 Å². The van der Waals surface area contributed by atoms with Gasteiger partial charge in [-0.2, -0.15) is 0 Å². The molecule has 0 aliphatic carbocycles. The van der Waals surface area contributed by atoms with E-state index in [1.807, 2.05) is 48.5 Å². The Morgan fingerprint density at radius 3 is 2.34 bits per heavy atom. The first kappa shape index (κ1) is 20.9. The molecule has 6 heteroatoms. The molecule has 152 valence electrons. The Balaban J connectivity index is 1.66.